The molecule has 1 saturated carbocycles. The lowest BCUT2D eigenvalue weighted by atomic mass is 9.71. The van der Waals surface area contributed by atoms with Gasteiger partial charge in [0.05, 0.1) is 11.4 Å². The molecule has 1 N–H and O–H groups in total. The summed E-state index contributed by atoms with van der Waals surface area (Å²) in [5, 5.41) is 0. The lowest BCUT2D eigenvalue weighted by molar-refractivity contribution is -0.120. The van der Waals surface area contributed by atoms with E-state index in [-0.39, 0.29) is 35.0 Å². The third-order valence-electron chi connectivity index (χ3n) is 8.66. The van der Waals surface area contributed by atoms with Crippen LogP contribution in [0, 0.1) is 17.6 Å². The smallest absolute Gasteiger partial charge is 0.231 e. The molecule has 2 aliphatic carbocycles. The number of carbonyl (C=O) groups is 1. The van der Waals surface area contributed by atoms with E-state index in [1.807, 2.05) is 43.8 Å². The first kappa shape index (κ1) is 31.7. The first-order valence-electron chi connectivity index (χ1n) is 15.2. The second-order valence-corrected chi connectivity index (χ2v) is 13.2. The molecule has 0 spiro atoms. The maximum Gasteiger partial charge on any atom is 0.231 e. The van der Waals surface area contributed by atoms with Crippen molar-refractivity contribution < 1.29 is 17.8 Å². The topological polar surface area (TPSA) is 67.2 Å². The summed E-state index contributed by atoms with van der Waals surface area (Å²) in [6.45, 7) is 8.68. The largest absolute Gasteiger partial charge is 0.337 e. The summed E-state index contributed by atoms with van der Waals surface area (Å²) < 4.78 is 45.7. The summed E-state index contributed by atoms with van der Waals surface area (Å²) >= 11 is 0. The fourth-order valence-corrected chi connectivity index (χ4v) is 7.11. The Morgan fingerprint density at radius 3 is 2.50 bits per heavy atom. The molecule has 232 valence electrons. The zero-order valence-corrected chi connectivity index (χ0v) is 26.7. The molecule has 4 atom stereocenters. The molecule has 6 rings (SSSR count). The van der Waals surface area contributed by atoms with Gasteiger partial charge in [-0.15, -0.1) is 0 Å². The number of nitrogens with zero attached hydrogens (tertiary/aromatic N) is 3. The number of halogens is 2. The number of hydrogen-bond acceptors (Lipinski definition) is 3. The zero-order chi connectivity index (χ0) is 31.6. The molecular formula is C35H40F2N4O2S. The Bertz CT molecular complexity index is 1650. The second-order valence-electron chi connectivity index (χ2n) is 12.0. The van der Waals surface area contributed by atoms with Gasteiger partial charge in [-0.05, 0) is 89.8 Å². The highest BCUT2D eigenvalue weighted by Crippen LogP contribution is 2.50. The van der Waals surface area contributed by atoms with Gasteiger partial charge in [-0.2, -0.15) is 0 Å². The molecule has 1 heterocycles. The van der Waals surface area contributed by atoms with E-state index < -0.39 is 16.8 Å². The summed E-state index contributed by atoms with van der Waals surface area (Å²) in [7, 11) is 0.289. The molecule has 1 amide bonds. The van der Waals surface area contributed by atoms with Gasteiger partial charge in [-0.25, -0.2) is 22.7 Å². The summed E-state index contributed by atoms with van der Waals surface area (Å²) in [5.74, 6) is -0.147. The van der Waals surface area contributed by atoms with E-state index >= 15 is 0 Å². The van der Waals surface area contributed by atoms with Gasteiger partial charge in [0, 0.05) is 37.1 Å². The van der Waals surface area contributed by atoms with E-state index in [1.165, 1.54) is 24.3 Å². The zero-order valence-electron chi connectivity index (χ0n) is 25.9. The number of hydrogen-bond donors (Lipinski definition) is 1. The van der Waals surface area contributed by atoms with E-state index in [1.54, 1.807) is 35.4 Å². The minimum Gasteiger partial charge on any atom is -0.337 e. The van der Waals surface area contributed by atoms with E-state index in [0.717, 1.165) is 41.0 Å². The molecule has 6 nitrogen and oxygen atoms in total. The Morgan fingerprint density at radius 2 is 1.82 bits per heavy atom. The Morgan fingerprint density at radius 1 is 1.07 bits per heavy atom. The van der Waals surface area contributed by atoms with Gasteiger partial charge in [0.25, 0.3) is 0 Å². The monoisotopic (exact) mass is 618 g/mol. The number of anilines is 1. The maximum absolute atomic E-state index is 14.1. The minimum atomic E-state index is -1.61. The average molecular weight is 619 g/mol. The molecule has 1 fully saturated rings. The predicted octanol–water partition coefficient (Wildman–Crippen LogP) is 7.49. The third kappa shape index (κ3) is 6.69. The molecule has 2 unspecified atom stereocenters. The van der Waals surface area contributed by atoms with Gasteiger partial charge in [-0.1, -0.05) is 52.0 Å². The standard InChI is InChI=1S/C33H34F2N4O2S.C2H6/c1-33(2)14-13-30(37-42(41)25-6-4-5-23(35)17-25)28-18-24(11-12-29(28)33)39(20-31-36-15-16-38(31)3)32(40)27-19-26(27)21-7-9-22(34)10-8-21;1-2/h4-12,15-18,26-27,30,37H,13-14,19-20H2,1-3H3;1-2H3/t26-,27+,30?,42?;/m1./s1. The SMILES string of the molecule is CC.Cn1ccnc1CN(C(=O)[C@H]1C[C@@H]1c1ccc(F)cc1)c1ccc2c(c1)C(NS(=O)c1cccc(F)c1)CCC2(C)C. The molecule has 2 aliphatic rings. The van der Waals surface area contributed by atoms with Gasteiger partial charge in [0.2, 0.25) is 5.91 Å². The van der Waals surface area contributed by atoms with Crippen molar-refractivity contribution in [3.05, 3.63) is 113 Å². The lowest BCUT2D eigenvalue weighted by Gasteiger charge is -2.38. The fourth-order valence-electron chi connectivity index (χ4n) is 6.05. The van der Waals surface area contributed by atoms with Crippen LogP contribution in [-0.4, -0.2) is 19.7 Å². The van der Waals surface area contributed by atoms with Crippen molar-refractivity contribution in [1.29, 1.82) is 0 Å². The van der Waals surface area contributed by atoms with Crippen molar-refractivity contribution in [3.8, 4) is 0 Å². The van der Waals surface area contributed by atoms with E-state index in [9.17, 15) is 17.8 Å². The molecule has 9 heteroatoms. The summed E-state index contributed by atoms with van der Waals surface area (Å²) in [4.78, 5) is 20.7. The molecule has 44 heavy (non-hydrogen) atoms. The quantitative estimate of drug-likeness (QED) is 0.223. The van der Waals surface area contributed by atoms with Crippen LogP contribution in [0.15, 0.2) is 84.0 Å². The number of nitrogens with one attached hydrogen (secondary N) is 1. The van der Waals surface area contributed by atoms with Crippen molar-refractivity contribution in [2.24, 2.45) is 13.0 Å². The van der Waals surface area contributed by atoms with Crippen molar-refractivity contribution in [2.75, 3.05) is 4.90 Å². The van der Waals surface area contributed by atoms with Crippen LogP contribution in [0.4, 0.5) is 14.5 Å². The van der Waals surface area contributed by atoms with Crippen molar-refractivity contribution in [2.45, 2.75) is 75.8 Å². The number of amides is 1. The number of carbonyl (C=O) groups excluding carboxylic acids is 1. The first-order chi connectivity index (χ1) is 21.1. The normalized spacial score (nSPS) is 20.6. The second kappa shape index (κ2) is 13.1. The van der Waals surface area contributed by atoms with Crippen LogP contribution >= 0.6 is 0 Å². The van der Waals surface area contributed by atoms with Gasteiger partial charge in [-0.3, -0.25) is 4.79 Å². The highest BCUT2D eigenvalue weighted by Gasteiger charge is 2.46. The Balaban J connectivity index is 0.00000188. The highest BCUT2D eigenvalue weighted by molar-refractivity contribution is 7.83. The molecule has 0 saturated heterocycles. The Labute approximate surface area is 261 Å². The molecule has 4 aromatic rings. The van der Waals surface area contributed by atoms with Crippen molar-refractivity contribution >= 4 is 22.6 Å². The number of aromatic nitrogens is 2. The van der Waals surface area contributed by atoms with Gasteiger partial charge < -0.3 is 9.47 Å². The number of rotatable bonds is 8. The Kier molecular flexibility index (Phi) is 9.46. The first-order valence-corrected chi connectivity index (χ1v) is 16.4. The number of imidazole rings is 1. The summed E-state index contributed by atoms with van der Waals surface area (Å²) in [6, 6.07) is 18.1. The van der Waals surface area contributed by atoms with Crippen LogP contribution in [0.25, 0.3) is 0 Å². The van der Waals surface area contributed by atoms with Gasteiger partial charge in [0.15, 0.2) is 0 Å². The van der Waals surface area contributed by atoms with Gasteiger partial charge in [0.1, 0.15) is 28.4 Å². The minimum absolute atomic E-state index is 0.00445. The van der Waals surface area contributed by atoms with E-state index in [2.05, 4.69) is 29.6 Å². The molecule has 1 aromatic heterocycles. The third-order valence-corrected chi connectivity index (χ3v) is 9.84. The highest BCUT2D eigenvalue weighted by atomic mass is 32.2. The number of aryl methyl sites for hydroxylation is 1. The molecule has 0 bridgehead atoms. The van der Waals surface area contributed by atoms with Crippen LogP contribution in [0.2, 0.25) is 0 Å². The van der Waals surface area contributed by atoms with Crippen LogP contribution in [0.5, 0.6) is 0 Å². The van der Waals surface area contributed by atoms with Gasteiger partial charge >= 0.3 is 0 Å². The predicted molar refractivity (Wildman–Crippen MR) is 170 cm³/mol. The van der Waals surface area contributed by atoms with Crippen LogP contribution < -0.4 is 9.62 Å². The van der Waals surface area contributed by atoms with Crippen molar-refractivity contribution in [3.63, 3.8) is 0 Å². The van der Waals surface area contributed by atoms with E-state index in [0.29, 0.717) is 17.9 Å². The summed E-state index contributed by atoms with van der Waals surface area (Å²) in [5.41, 5.74) is 3.71. The van der Waals surface area contributed by atoms with E-state index in [4.69, 9.17) is 0 Å². The average Bonchev–Trinajstić information content (AvgIpc) is 3.72. The number of benzene rings is 3. The van der Waals surface area contributed by atoms with Crippen LogP contribution in [-0.2, 0) is 34.8 Å². The molecule has 3 aromatic carbocycles. The lowest BCUT2D eigenvalue weighted by Crippen LogP contribution is -2.36. The maximum atomic E-state index is 14.1. The number of fused-ring (bicyclic) bond motifs is 1. The Hall–Kier alpha value is -3.69. The van der Waals surface area contributed by atoms with Crippen molar-refractivity contribution in [1.82, 2.24) is 14.3 Å². The summed E-state index contributed by atoms with van der Waals surface area (Å²) in [6.07, 6.45) is 5.90. The molecular weight excluding hydrogens is 578 g/mol. The van der Waals surface area contributed by atoms with Crippen LogP contribution in [0.3, 0.4) is 0 Å². The molecule has 0 aliphatic heterocycles. The molecule has 0 radical (unpaired) electrons. The van der Waals surface area contributed by atoms with Crippen LogP contribution in [0.1, 0.15) is 81.4 Å². The fraction of sp³-hybridized carbons (Fsp3) is 0.371.